The molecule has 18 heavy (non-hydrogen) atoms. The number of aromatic nitrogens is 1. The molecule has 0 aliphatic heterocycles. The molecule has 0 aliphatic rings. The van der Waals surface area contributed by atoms with Crippen molar-refractivity contribution in [2.24, 2.45) is 0 Å². The van der Waals surface area contributed by atoms with Gasteiger partial charge in [0.15, 0.2) is 0 Å². The summed E-state index contributed by atoms with van der Waals surface area (Å²) in [5.41, 5.74) is 0.850. The molecule has 0 atom stereocenters. The number of hydrogen-bond acceptors (Lipinski definition) is 3. The maximum Gasteiger partial charge on any atom is 0.278 e. The Balaban J connectivity index is 2.62. The summed E-state index contributed by atoms with van der Waals surface area (Å²) in [5.74, 6) is 6.03. The molecule has 90 valence electrons. The number of alkyl halides is 1. The van der Waals surface area contributed by atoms with Crippen molar-refractivity contribution in [2.75, 3.05) is 5.33 Å². The predicted octanol–water partition coefficient (Wildman–Crippen LogP) is 3.28. The zero-order valence-electron chi connectivity index (χ0n) is 9.39. The third kappa shape index (κ3) is 2.49. The molecule has 0 spiro atoms. The first-order valence-electron chi connectivity index (χ1n) is 5.30. The van der Waals surface area contributed by atoms with Crippen LogP contribution in [0.5, 0.6) is 0 Å². The first kappa shape index (κ1) is 12.5. The minimum Gasteiger partial charge on any atom is -0.264 e. The monoisotopic (exact) mass is 304 g/mol. The SMILES string of the molecule is O=[N+]([O-])c1ccc(C#CCCBr)c2ccncc12. The Bertz CT molecular complexity index is 659. The molecule has 0 radical (unpaired) electrons. The average molecular weight is 305 g/mol. The lowest BCUT2D eigenvalue weighted by Gasteiger charge is -2.01. The van der Waals surface area contributed by atoms with Crippen molar-refractivity contribution in [1.29, 1.82) is 0 Å². The van der Waals surface area contributed by atoms with Gasteiger partial charge in [0.2, 0.25) is 0 Å². The molecule has 2 rings (SSSR count). The molecule has 0 amide bonds. The van der Waals surface area contributed by atoms with Crippen molar-refractivity contribution in [1.82, 2.24) is 4.98 Å². The Morgan fingerprint density at radius 1 is 1.33 bits per heavy atom. The lowest BCUT2D eigenvalue weighted by atomic mass is 10.1. The van der Waals surface area contributed by atoms with Crippen LogP contribution in [0.1, 0.15) is 12.0 Å². The van der Waals surface area contributed by atoms with Crippen LogP contribution in [-0.2, 0) is 0 Å². The number of benzene rings is 1. The number of hydrogen-bond donors (Lipinski definition) is 0. The second-order valence-corrected chi connectivity index (χ2v) is 4.34. The zero-order chi connectivity index (χ0) is 13.0. The van der Waals surface area contributed by atoms with Crippen LogP contribution >= 0.6 is 15.9 Å². The quantitative estimate of drug-likeness (QED) is 0.370. The van der Waals surface area contributed by atoms with E-state index >= 15 is 0 Å². The van der Waals surface area contributed by atoms with Gasteiger partial charge in [0, 0.05) is 41.2 Å². The molecule has 0 N–H and O–H groups in total. The van der Waals surface area contributed by atoms with Gasteiger partial charge in [0.25, 0.3) is 5.69 Å². The predicted molar refractivity (Wildman–Crippen MR) is 73.7 cm³/mol. The van der Waals surface area contributed by atoms with Crippen molar-refractivity contribution >= 4 is 32.4 Å². The molecular formula is C13H9BrN2O2. The number of nitro groups is 1. The van der Waals surface area contributed by atoms with E-state index in [-0.39, 0.29) is 5.69 Å². The van der Waals surface area contributed by atoms with E-state index in [2.05, 4.69) is 32.8 Å². The van der Waals surface area contributed by atoms with Gasteiger partial charge in [-0.3, -0.25) is 15.1 Å². The highest BCUT2D eigenvalue weighted by atomic mass is 79.9. The van der Waals surface area contributed by atoms with Gasteiger partial charge in [-0.15, -0.1) is 0 Å². The van der Waals surface area contributed by atoms with E-state index in [1.54, 1.807) is 18.3 Å². The van der Waals surface area contributed by atoms with Crippen molar-refractivity contribution in [3.63, 3.8) is 0 Å². The first-order chi connectivity index (χ1) is 8.74. The molecule has 1 aromatic carbocycles. The number of halogens is 1. The van der Waals surface area contributed by atoms with Crippen molar-refractivity contribution in [3.8, 4) is 11.8 Å². The molecule has 4 nitrogen and oxygen atoms in total. The Kier molecular flexibility index (Phi) is 3.90. The average Bonchev–Trinajstić information content (AvgIpc) is 2.38. The zero-order valence-corrected chi connectivity index (χ0v) is 11.0. The van der Waals surface area contributed by atoms with E-state index < -0.39 is 4.92 Å². The molecule has 1 heterocycles. The van der Waals surface area contributed by atoms with Crippen LogP contribution in [0.15, 0.2) is 30.6 Å². The number of pyridine rings is 1. The van der Waals surface area contributed by atoms with Gasteiger partial charge in [-0.25, -0.2) is 0 Å². The largest absolute Gasteiger partial charge is 0.278 e. The highest BCUT2D eigenvalue weighted by Gasteiger charge is 2.13. The van der Waals surface area contributed by atoms with Gasteiger partial charge in [-0.1, -0.05) is 27.8 Å². The summed E-state index contributed by atoms with van der Waals surface area (Å²) < 4.78 is 0. The highest BCUT2D eigenvalue weighted by molar-refractivity contribution is 9.09. The summed E-state index contributed by atoms with van der Waals surface area (Å²) in [7, 11) is 0. The van der Waals surface area contributed by atoms with Gasteiger partial charge in [-0.05, 0) is 12.1 Å². The van der Waals surface area contributed by atoms with Crippen LogP contribution in [0, 0.1) is 22.0 Å². The lowest BCUT2D eigenvalue weighted by molar-refractivity contribution is -0.383. The Labute approximate surface area is 112 Å². The number of nitro benzene ring substituents is 1. The maximum atomic E-state index is 10.9. The van der Waals surface area contributed by atoms with Crippen LogP contribution in [0.4, 0.5) is 5.69 Å². The Hall–Kier alpha value is -1.93. The molecule has 0 bridgehead atoms. The van der Waals surface area contributed by atoms with E-state index in [0.717, 1.165) is 22.7 Å². The summed E-state index contributed by atoms with van der Waals surface area (Å²) in [6.07, 6.45) is 3.86. The fraction of sp³-hybridized carbons (Fsp3) is 0.154. The van der Waals surface area contributed by atoms with Crippen LogP contribution in [-0.4, -0.2) is 15.2 Å². The van der Waals surface area contributed by atoms with Crippen LogP contribution in [0.25, 0.3) is 10.8 Å². The minimum atomic E-state index is -0.403. The molecule has 0 saturated heterocycles. The smallest absolute Gasteiger partial charge is 0.264 e. The number of fused-ring (bicyclic) bond motifs is 1. The van der Waals surface area contributed by atoms with Gasteiger partial charge in [0.1, 0.15) is 0 Å². The van der Waals surface area contributed by atoms with Gasteiger partial charge >= 0.3 is 0 Å². The fourth-order valence-corrected chi connectivity index (χ4v) is 1.85. The molecule has 0 aliphatic carbocycles. The second kappa shape index (κ2) is 5.61. The van der Waals surface area contributed by atoms with Crippen molar-refractivity contribution in [3.05, 3.63) is 46.3 Å². The number of rotatable bonds is 2. The minimum absolute atomic E-state index is 0.0594. The van der Waals surface area contributed by atoms with Crippen LogP contribution < -0.4 is 0 Å². The summed E-state index contributed by atoms with van der Waals surface area (Å²) in [6.45, 7) is 0. The van der Waals surface area contributed by atoms with Gasteiger partial charge < -0.3 is 0 Å². The van der Waals surface area contributed by atoms with Crippen molar-refractivity contribution < 1.29 is 4.92 Å². The summed E-state index contributed by atoms with van der Waals surface area (Å²) in [6, 6.07) is 4.91. The van der Waals surface area contributed by atoms with Crippen LogP contribution in [0.2, 0.25) is 0 Å². The number of nitrogens with zero attached hydrogens (tertiary/aromatic N) is 2. The molecule has 0 saturated carbocycles. The molecule has 1 aromatic heterocycles. The van der Waals surface area contributed by atoms with Gasteiger partial charge in [-0.2, -0.15) is 0 Å². The van der Waals surface area contributed by atoms with Crippen molar-refractivity contribution in [2.45, 2.75) is 6.42 Å². The molecule has 0 unspecified atom stereocenters. The Morgan fingerprint density at radius 2 is 2.17 bits per heavy atom. The van der Waals surface area contributed by atoms with E-state index in [4.69, 9.17) is 0 Å². The summed E-state index contributed by atoms with van der Waals surface area (Å²) in [4.78, 5) is 14.5. The fourth-order valence-electron chi connectivity index (χ4n) is 1.65. The third-order valence-corrected chi connectivity index (χ3v) is 2.83. The standard InChI is InChI=1S/C13H9BrN2O2/c14-7-2-1-3-10-4-5-13(16(17)18)12-9-15-8-6-11(10)12/h4-6,8-9H,2,7H2. The maximum absolute atomic E-state index is 10.9. The third-order valence-electron chi connectivity index (χ3n) is 2.43. The molecule has 0 fully saturated rings. The van der Waals surface area contributed by atoms with E-state index in [1.165, 1.54) is 12.3 Å². The van der Waals surface area contributed by atoms with Gasteiger partial charge in [0.05, 0.1) is 10.3 Å². The molecular weight excluding hydrogens is 296 g/mol. The first-order valence-corrected chi connectivity index (χ1v) is 6.42. The van der Waals surface area contributed by atoms with E-state index in [0.29, 0.717) is 5.39 Å². The number of non-ortho nitro benzene ring substituents is 1. The highest BCUT2D eigenvalue weighted by Crippen LogP contribution is 2.26. The summed E-state index contributed by atoms with van der Waals surface area (Å²) >= 11 is 3.30. The van der Waals surface area contributed by atoms with E-state index in [9.17, 15) is 10.1 Å². The van der Waals surface area contributed by atoms with Crippen LogP contribution in [0.3, 0.4) is 0 Å². The lowest BCUT2D eigenvalue weighted by Crippen LogP contribution is -1.91. The Morgan fingerprint density at radius 3 is 2.89 bits per heavy atom. The van der Waals surface area contributed by atoms with E-state index in [1.807, 2.05) is 0 Å². The second-order valence-electron chi connectivity index (χ2n) is 3.55. The molecule has 5 heteroatoms. The topological polar surface area (TPSA) is 56.0 Å². The summed E-state index contributed by atoms with van der Waals surface area (Å²) in [5, 5.41) is 13.0. The normalized spacial score (nSPS) is 9.83. The molecule has 2 aromatic rings.